The minimum absolute atomic E-state index is 0.237. The average Bonchev–Trinajstić information content (AvgIpc) is 1.97. The maximum Gasteiger partial charge on any atom is 0.309 e. The van der Waals surface area contributed by atoms with Gasteiger partial charge in [-0.25, -0.2) is 0 Å². The van der Waals surface area contributed by atoms with Gasteiger partial charge in [0.1, 0.15) is 0 Å². The lowest BCUT2D eigenvalue weighted by Crippen LogP contribution is -2.24. The monoisotopic (exact) mass is 202 g/mol. The van der Waals surface area contributed by atoms with E-state index in [9.17, 15) is 4.79 Å². The highest BCUT2D eigenvalue weighted by atomic mass is 28.4. The molecule has 0 atom stereocenters. The van der Waals surface area contributed by atoms with E-state index in [1.54, 1.807) is 6.08 Å². The summed E-state index contributed by atoms with van der Waals surface area (Å²) in [6, 6.07) is 0. The lowest BCUT2D eigenvalue weighted by Gasteiger charge is -2.19. The Bertz CT molecular complexity index is 203. The van der Waals surface area contributed by atoms with Gasteiger partial charge >= 0.3 is 5.97 Å². The van der Waals surface area contributed by atoms with Crippen LogP contribution in [0, 0.1) is 0 Å². The minimum Gasteiger partial charge on any atom is -0.548 e. The van der Waals surface area contributed by atoms with Crippen LogP contribution in [0.4, 0.5) is 0 Å². The number of esters is 1. The van der Waals surface area contributed by atoms with Gasteiger partial charge in [-0.1, -0.05) is 0 Å². The van der Waals surface area contributed by atoms with Crippen LogP contribution in [0.25, 0.3) is 0 Å². The number of methoxy groups -OCH3 is 1. The van der Waals surface area contributed by atoms with Crippen LogP contribution in [0.1, 0.15) is 13.3 Å². The summed E-state index contributed by atoms with van der Waals surface area (Å²) in [7, 11) is -0.143. The lowest BCUT2D eigenvalue weighted by molar-refractivity contribution is -0.139. The summed E-state index contributed by atoms with van der Waals surface area (Å²) >= 11 is 0. The summed E-state index contributed by atoms with van der Waals surface area (Å²) in [6.45, 7) is 8.16. The molecule has 0 saturated carbocycles. The van der Waals surface area contributed by atoms with Crippen molar-refractivity contribution in [2.45, 2.75) is 33.0 Å². The van der Waals surface area contributed by atoms with E-state index < -0.39 is 8.32 Å². The molecule has 0 saturated heterocycles. The van der Waals surface area contributed by atoms with Crippen LogP contribution in [0.15, 0.2) is 11.8 Å². The van der Waals surface area contributed by atoms with Crippen molar-refractivity contribution in [1.29, 1.82) is 0 Å². The smallest absolute Gasteiger partial charge is 0.309 e. The molecule has 3 nitrogen and oxygen atoms in total. The highest BCUT2D eigenvalue weighted by Gasteiger charge is 2.15. The first-order chi connectivity index (χ1) is 5.85. The third kappa shape index (κ3) is 7.58. The van der Waals surface area contributed by atoms with E-state index in [4.69, 9.17) is 4.43 Å². The van der Waals surface area contributed by atoms with Gasteiger partial charge in [0, 0.05) is 0 Å². The Labute approximate surface area is 80.9 Å². The number of carbonyl (C=O) groups is 1. The summed E-state index contributed by atoms with van der Waals surface area (Å²) in [4.78, 5) is 10.8. The molecule has 0 aliphatic heterocycles. The zero-order valence-electron chi connectivity index (χ0n) is 9.01. The molecule has 0 N–H and O–H groups in total. The zero-order valence-corrected chi connectivity index (χ0v) is 10.0. The number of carbonyl (C=O) groups excluding carboxylic acids is 1. The fourth-order valence-electron chi connectivity index (χ4n) is 0.835. The summed E-state index contributed by atoms with van der Waals surface area (Å²) in [6.07, 6.45) is 2.04. The van der Waals surface area contributed by atoms with Crippen LogP contribution in [-0.2, 0) is 14.0 Å². The first-order valence-electron chi connectivity index (χ1n) is 4.28. The van der Waals surface area contributed by atoms with Crippen molar-refractivity contribution >= 4 is 14.3 Å². The van der Waals surface area contributed by atoms with E-state index in [2.05, 4.69) is 24.4 Å². The molecular formula is C9H18O3Si. The molecule has 0 aliphatic rings. The van der Waals surface area contributed by atoms with Crippen molar-refractivity contribution in [2.75, 3.05) is 7.11 Å². The largest absolute Gasteiger partial charge is 0.548 e. The Kier molecular flexibility index (Phi) is 4.76. The number of hydrogen-bond acceptors (Lipinski definition) is 3. The van der Waals surface area contributed by atoms with Crippen LogP contribution >= 0.6 is 0 Å². The molecule has 0 aliphatic carbocycles. The quantitative estimate of drug-likeness (QED) is 0.398. The van der Waals surface area contributed by atoms with E-state index in [1.165, 1.54) is 7.11 Å². The Hall–Kier alpha value is -0.773. The van der Waals surface area contributed by atoms with Gasteiger partial charge in [-0.05, 0) is 32.6 Å². The predicted molar refractivity (Wildman–Crippen MR) is 54.8 cm³/mol. The van der Waals surface area contributed by atoms with Crippen molar-refractivity contribution in [1.82, 2.24) is 0 Å². The third-order valence-corrected chi connectivity index (χ3v) is 2.19. The topological polar surface area (TPSA) is 35.5 Å². The summed E-state index contributed by atoms with van der Waals surface area (Å²) < 4.78 is 10.1. The van der Waals surface area contributed by atoms with Crippen LogP contribution in [-0.4, -0.2) is 21.4 Å². The van der Waals surface area contributed by atoms with Gasteiger partial charge in [-0.2, -0.15) is 0 Å². The average molecular weight is 202 g/mol. The SMILES string of the molecule is COC(=O)CC=C(C)O[Si](C)(C)C. The van der Waals surface area contributed by atoms with Gasteiger partial charge in [-0.3, -0.25) is 4.79 Å². The minimum atomic E-state index is -1.52. The van der Waals surface area contributed by atoms with E-state index >= 15 is 0 Å². The molecule has 76 valence electrons. The normalized spacial score (nSPS) is 12.5. The van der Waals surface area contributed by atoms with Crippen molar-refractivity contribution < 1.29 is 14.0 Å². The summed E-state index contributed by atoms with van der Waals surface area (Å²) in [5, 5.41) is 0. The standard InChI is InChI=1S/C9H18O3Si/c1-8(12-13(3,4)5)6-7-9(10)11-2/h6H,7H2,1-5H3. The number of allylic oxidation sites excluding steroid dienone is 1. The molecule has 0 radical (unpaired) electrons. The molecule has 0 aromatic carbocycles. The lowest BCUT2D eigenvalue weighted by atomic mass is 10.4. The molecule has 0 rings (SSSR count). The fourth-order valence-corrected chi connectivity index (χ4v) is 1.88. The summed E-state index contributed by atoms with van der Waals surface area (Å²) in [5.41, 5.74) is 0. The van der Waals surface area contributed by atoms with Crippen LogP contribution < -0.4 is 0 Å². The van der Waals surface area contributed by atoms with Gasteiger partial charge < -0.3 is 9.16 Å². The molecule has 0 unspecified atom stereocenters. The molecule has 0 aromatic rings. The van der Waals surface area contributed by atoms with Crippen LogP contribution in [0.5, 0.6) is 0 Å². The van der Waals surface area contributed by atoms with E-state index in [-0.39, 0.29) is 12.4 Å². The predicted octanol–water partition coefficient (Wildman–Crippen LogP) is 2.30. The van der Waals surface area contributed by atoms with Gasteiger partial charge in [0.15, 0.2) is 0 Å². The molecule has 0 bridgehead atoms. The summed E-state index contributed by atoms with van der Waals surface area (Å²) in [5.74, 6) is 0.572. The van der Waals surface area contributed by atoms with E-state index in [0.717, 1.165) is 5.76 Å². The van der Waals surface area contributed by atoms with Gasteiger partial charge in [0.05, 0.1) is 19.3 Å². The van der Waals surface area contributed by atoms with Gasteiger partial charge in [0.2, 0.25) is 8.32 Å². The van der Waals surface area contributed by atoms with Crippen molar-refractivity contribution in [2.24, 2.45) is 0 Å². The highest BCUT2D eigenvalue weighted by Crippen LogP contribution is 2.10. The molecule has 0 aromatic heterocycles. The molecule has 0 fully saturated rings. The first kappa shape index (κ1) is 12.2. The Morgan fingerprint density at radius 3 is 2.31 bits per heavy atom. The molecule has 0 amide bonds. The molecule has 0 heterocycles. The fraction of sp³-hybridized carbons (Fsp3) is 0.667. The maximum atomic E-state index is 10.8. The van der Waals surface area contributed by atoms with E-state index in [0.29, 0.717) is 0 Å². The Morgan fingerprint density at radius 2 is 1.92 bits per heavy atom. The maximum absolute atomic E-state index is 10.8. The number of rotatable bonds is 4. The van der Waals surface area contributed by atoms with Crippen molar-refractivity contribution in [3.05, 3.63) is 11.8 Å². The second-order valence-electron chi connectivity index (χ2n) is 3.81. The van der Waals surface area contributed by atoms with Crippen molar-refractivity contribution in [3.8, 4) is 0 Å². The molecule has 0 spiro atoms. The molecule has 13 heavy (non-hydrogen) atoms. The van der Waals surface area contributed by atoms with Crippen LogP contribution in [0.2, 0.25) is 19.6 Å². The van der Waals surface area contributed by atoms with Crippen LogP contribution in [0.3, 0.4) is 0 Å². The highest BCUT2D eigenvalue weighted by molar-refractivity contribution is 6.70. The molecular weight excluding hydrogens is 184 g/mol. The third-order valence-electron chi connectivity index (χ3n) is 1.25. The Balaban J connectivity index is 3.96. The number of ether oxygens (including phenoxy) is 1. The Morgan fingerprint density at radius 1 is 1.38 bits per heavy atom. The second-order valence-corrected chi connectivity index (χ2v) is 8.24. The second kappa shape index (κ2) is 5.06. The first-order valence-corrected chi connectivity index (χ1v) is 7.68. The molecule has 4 heteroatoms. The van der Waals surface area contributed by atoms with Gasteiger partial charge in [0.25, 0.3) is 0 Å². The zero-order chi connectivity index (χ0) is 10.5. The number of hydrogen-bond donors (Lipinski definition) is 0. The van der Waals surface area contributed by atoms with Crippen molar-refractivity contribution in [3.63, 3.8) is 0 Å². The van der Waals surface area contributed by atoms with Gasteiger partial charge in [-0.15, -0.1) is 0 Å². The van der Waals surface area contributed by atoms with E-state index in [1.807, 2.05) is 6.92 Å².